The van der Waals surface area contributed by atoms with Crippen molar-refractivity contribution in [1.29, 1.82) is 0 Å². The van der Waals surface area contributed by atoms with Crippen LogP contribution in [0.15, 0.2) is 18.2 Å². The first kappa shape index (κ1) is 12.8. The van der Waals surface area contributed by atoms with E-state index in [1.807, 2.05) is 0 Å². The fourth-order valence-electron chi connectivity index (χ4n) is 2.41. The van der Waals surface area contributed by atoms with Crippen LogP contribution in [0, 0.1) is 5.82 Å². The number of nitrogens with two attached hydrogens (primary N) is 1. The zero-order chi connectivity index (χ0) is 13.1. The standard InChI is InChI=1S/C13H17FN2O2/c14-8-5-6-11(17)10(7-8)12(13(15)18)16-9-3-1-2-4-9/h5-7,9,12,16-17H,1-4H2,(H2,15,18). The Labute approximate surface area is 105 Å². The van der Waals surface area contributed by atoms with E-state index in [9.17, 15) is 14.3 Å². The van der Waals surface area contributed by atoms with Crippen LogP contribution in [0.25, 0.3) is 0 Å². The first-order valence-corrected chi connectivity index (χ1v) is 6.11. The second kappa shape index (κ2) is 5.35. The van der Waals surface area contributed by atoms with Crippen molar-refractivity contribution < 1.29 is 14.3 Å². The minimum atomic E-state index is -0.844. The summed E-state index contributed by atoms with van der Waals surface area (Å²) in [5.41, 5.74) is 5.53. The van der Waals surface area contributed by atoms with Gasteiger partial charge < -0.3 is 10.8 Å². The largest absolute Gasteiger partial charge is 0.508 e. The number of amides is 1. The number of phenolic OH excluding ortho intramolecular Hbond substituents is 1. The van der Waals surface area contributed by atoms with Crippen molar-refractivity contribution in [2.24, 2.45) is 5.73 Å². The van der Waals surface area contributed by atoms with Gasteiger partial charge in [0.1, 0.15) is 17.6 Å². The smallest absolute Gasteiger partial charge is 0.239 e. The first-order chi connectivity index (χ1) is 8.58. The molecule has 5 heteroatoms. The normalized spacial score (nSPS) is 17.8. The quantitative estimate of drug-likeness (QED) is 0.761. The number of hydrogen-bond acceptors (Lipinski definition) is 3. The summed E-state index contributed by atoms with van der Waals surface area (Å²) >= 11 is 0. The van der Waals surface area contributed by atoms with E-state index in [1.54, 1.807) is 0 Å². The highest BCUT2D eigenvalue weighted by Crippen LogP contribution is 2.27. The number of carbonyl (C=O) groups is 1. The van der Waals surface area contributed by atoms with Crippen LogP contribution in [0.1, 0.15) is 37.3 Å². The topological polar surface area (TPSA) is 75.4 Å². The highest BCUT2D eigenvalue weighted by molar-refractivity contribution is 5.82. The first-order valence-electron chi connectivity index (χ1n) is 6.11. The molecule has 0 spiro atoms. The molecule has 4 N–H and O–H groups in total. The summed E-state index contributed by atoms with van der Waals surface area (Å²) in [4.78, 5) is 11.5. The van der Waals surface area contributed by atoms with Gasteiger partial charge >= 0.3 is 0 Å². The molecule has 0 aliphatic heterocycles. The van der Waals surface area contributed by atoms with Gasteiger partial charge in [-0.25, -0.2) is 4.39 Å². The van der Waals surface area contributed by atoms with Gasteiger partial charge in [-0.3, -0.25) is 10.1 Å². The van der Waals surface area contributed by atoms with Crippen LogP contribution in [0.4, 0.5) is 4.39 Å². The predicted molar refractivity (Wildman–Crippen MR) is 65.4 cm³/mol. The third-order valence-electron chi connectivity index (χ3n) is 3.34. The van der Waals surface area contributed by atoms with E-state index in [0.717, 1.165) is 37.8 Å². The molecule has 1 aliphatic carbocycles. The van der Waals surface area contributed by atoms with Crippen molar-refractivity contribution in [3.63, 3.8) is 0 Å². The highest BCUT2D eigenvalue weighted by Gasteiger charge is 2.26. The third kappa shape index (κ3) is 2.79. The minimum absolute atomic E-state index is 0.120. The average Bonchev–Trinajstić information content (AvgIpc) is 2.82. The van der Waals surface area contributed by atoms with Crippen LogP contribution in [0.5, 0.6) is 5.75 Å². The van der Waals surface area contributed by atoms with Crippen LogP contribution in [-0.4, -0.2) is 17.1 Å². The Kier molecular flexibility index (Phi) is 3.81. The lowest BCUT2D eigenvalue weighted by Crippen LogP contribution is -2.38. The summed E-state index contributed by atoms with van der Waals surface area (Å²) in [6.07, 6.45) is 4.16. The molecule has 1 saturated carbocycles. The summed E-state index contributed by atoms with van der Waals surface area (Å²) in [5, 5.41) is 12.8. The lowest BCUT2D eigenvalue weighted by molar-refractivity contribution is -0.120. The maximum absolute atomic E-state index is 13.2. The number of halogens is 1. The van der Waals surface area contributed by atoms with Gasteiger partial charge in [0.05, 0.1) is 0 Å². The maximum Gasteiger partial charge on any atom is 0.239 e. The van der Waals surface area contributed by atoms with Gasteiger partial charge in [-0.15, -0.1) is 0 Å². The number of primary amides is 1. The van der Waals surface area contributed by atoms with E-state index < -0.39 is 17.8 Å². The average molecular weight is 252 g/mol. The van der Waals surface area contributed by atoms with Crippen molar-refractivity contribution in [1.82, 2.24) is 5.32 Å². The molecule has 0 radical (unpaired) electrons. The van der Waals surface area contributed by atoms with E-state index in [0.29, 0.717) is 0 Å². The molecule has 1 fully saturated rings. The van der Waals surface area contributed by atoms with Gasteiger partial charge in [-0.2, -0.15) is 0 Å². The zero-order valence-corrected chi connectivity index (χ0v) is 10.0. The van der Waals surface area contributed by atoms with Gasteiger partial charge in [-0.05, 0) is 31.0 Å². The summed E-state index contributed by atoms with van der Waals surface area (Å²) in [6.45, 7) is 0. The minimum Gasteiger partial charge on any atom is -0.508 e. The lowest BCUT2D eigenvalue weighted by atomic mass is 10.0. The molecule has 18 heavy (non-hydrogen) atoms. The Bertz CT molecular complexity index is 445. The van der Waals surface area contributed by atoms with Crippen molar-refractivity contribution >= 4 is 5.91 Å². The lowest BCUT2D eigenvalue weighted by Gasteiger charge is -2.21. The number of benzene rings is 1. The molecule has 1 amide bonds. The van der Waals surface area contributed by atoms with Crippen LogP contribution < -0.4 is 11.1 Å². The fourth-order valence-corrected chi connectivity index (χ4v) is 2.41. The summed E-state index contributed by atoms with van der Waals surface area (Å²) < 4.78 is 13.2. The van der Waals surface area contributed by atoms with E-state index in [-0.39, 0.29) is 17.4 Å². The van der Waals surface area contributed by atoms with Crippen molar-refractivity contribution in [2.45, 2.75) is 37.8 Å². The maximum atomic E-state index is 13.2. The highest BCUT2D eigenvalue weighted by atomic mass is 19.1. The Hall–Kier alpha value is -1.62. The fraction of sp³-hybridized carbons (Fsp3) is 0.462. The van der Waals surface area contributed by atoms with Gasteiger partial charge in [0.15, 0.2) is 0 Å². The third-order valence-corrected chi connectivity index (χ3v) is 3.34. The zero-order valence-electron chi connectivity index (χ0n) is 10.0. The summed E-state index contributed by atoms with van der Waals surface area (Å²) in [6, 6.07) is 2.88. The van der Waals surface area contributed by atoms with Crippen LogP contribution in [0.2, 0.25) is 0 Å². The molecule has 1 aliphatic rings. The number of aromatic hydroxyl groups is 1. The van der Waals surface area contributed by atoms with Crippen molar-refractivity contribution in [2.75, 3.05) is 0 Å². The molecular weight excluding hydrogens is 235 g/mol. The number of nitrogens with one attached hydrogen (secondary N) is 1. The molecular formula is C13H17FN2O2. The summed E-state index contributed by atoms with van der Waals surface area (Å²) in [7, 11) is 0. The van der Waals surface area contributed by atoms with Crippen molar-refractivity contribution in [3.8, 4) is 5.75 Å². The molecule has 0 heterocycles. The molecule has 0 bridgehead atoms. The molecule has 1 aromatic rings. The molecule has 0 saturated heterocycles. The monoisotopic (exact) mass is 252 g/mol. The molecule has 4 nitrogen and oxygen atoms in total. The Balaban J connectivity index is 2.23. The van der Waals surface area contributed by atoms with Gasteiger partial charge in [0, 0.05) is 11.6 Å². The van der Waals surface area contributed by atoms with Crippen LogP contribution in [-0.2, 0) is 4.79 Å². The summed E-state index contributed by atoms with van der Waals surface area (Å²) in [5.74, 6) is -1.23. The molecule has 1 atom stereocenters. The Morgan fingerprint density at radius 1 is 1.44 bits per heavy atom. The number of hydrogen-bond donors (Lipinski definition) is 3. The second-order valence-electron chi connectivity index (χ2n) is 4.69. The van der Waals surface area contributed by atoms with Crippen molar-refractivity contribution in [3.05, 3.63) is 29.6 Å². The van der Waals surface area contributed by atoms with Crippen LogP contribution in [0.3, 0.4) is 0 Å². The van der Waals surface area contributed by atoms with Crippen LogP contribution >= 0.6 is 0 Å². The van der Waals surface area contributed by atoms with E-state index in [2.05, 4.69) is 5.32 Å². The van der Waals surface area contributed by atoms with E-state index in [1.165, 1.54) is 6.07 Å². The van der Waals surface area contributed by atoms with E-state index in [4.69, 9.17) is 5.73 Å². The number of rotatable bonds is 4. The SMILES string of the molecule is NC(=O)C(NC1CCCC1)c1cc(F)ccc1O. The molecule has 0 aromatic heterocycles. The van der Waals surface area contributed by atoms with Gasteiger partial charge in [0.25, 0.3) is 0 Å². The molecule has 2 rings (SSSR count). The van der Waals surface area contributed by atoms with E-state index >= 15 is 0 Å². The Morgan fingerprint density at radius 2 is 2.11 bits per heavy atom. The molecule has 1 aromatic carbocycles. The molecule has 1 unspecified atom stereocenters. The predicted octanol–water partition coefficient (Wildman–Crippen LogP) is 1.59. The number of phenols is 1. The van der Waals surface area contributed by atoms with Gasteiger partial charge in [-0.1, -0.05) is 12.8 Å². The van der Waals surface area contributed by atoms with Gasteiger partial charge in [0.2, 0.25) is 5.91 Å². The second-order valence-corrected chi connectivity index (χ2v) is 4.69. The molecule has 98 valence electrons. The Morgan fingerprint density at radius 3 is 2.72 bits per heavy atom. The number of carbonyl (C=O) groups excluding carboxylic acids is 1.